The zero-order chi connectivity index (χ0) is 9.97. The molecule has 0 aliphatic carbocycles. The van der Waals surface area contributed by atoms with Crippen molar-refractivity contribution in [1.29, 1.82) is 0 Å². The molecule has 14 heavy (non-hydrogen) atoms. The van der Waals surface area contributed by atoms with Gasteiger partial charge in [0.15, 0.2) is 0 Å². The molecule has 0 aromatic carbocycles. The van der Waals surface area contributed by atoms with Gasteiger partial charge in [-0.1, -0.05) is 0 Å². The van der Waals surface area contributed by atoms with Crippen LogP contribution < -0.4 is 5.32 Å². The van der Waals surface area contributed by atoms with Crippen LogP contribution in [0.25, 0.3) is 0 Å². The van der Waals surface area contributed by atoms with Gasteiger partial charge >= 0.3 is 0 Å². The molecule has 0 spiro atoms. The quantitative estimate of drug-likeness (QED) is 0.777. The Morgan fingerprint density at radius 1 is 1.71 bits per heavy atom. The highest BCUT2D eigenvalue weighted by molar-refractivity contribution is 5.05. The molecule has 2 unspecified atom stereocenters. The maximum atomic E-state index is 13.9. The highest BCUT2D eigenvalue weighted by Gasteiger charge is 2.26. The molecule has 78 valence electrons. The molecule has 1 aliphatic heterocycles. The maximum Gasteiger partial charge on any atom is 0.148 e. The first-order valence-corrected chi connectivity index (χ1v) is 5.11. The van der Waals surface area contributed by atoms with E-state index in [1.807, 2.05) is 7.05 Å². The monoisotopic (exact) mass is 197 g/mol. The van der Waals surface area contributed by atoms with Crippen LogP contribution in [0.1, 0.15) is 24.7 Å². The zero-order valence-electron chi connectivity index (χ0n) is 8.41. The summed E-state index contributed by atoms with van der Waals surface area (Å²) < 4.78 is 15.6. The third kappa shape index (κ3) is 1.95. The Hall–Kier alpha value is -0.900. The minimum atomic E-state index is -0.913. The van der Waals surface area contributed by atoms with E-state index in [-0.39, 0.29) is 5.92 Å². The van der Waals surface area contributed by atoms with Gasteiger partial charge in [-0.25, -0.2) is 4.39 Å². The lowest BCUT2D eigenvalue weighted by molar-refractivity contribution is 0.189. The molecule has 3 nitrogen and oxygen atoms in total. The summed E-state index contributed by atoms with van der Waals surface area (Å²) in [6, 6.07) is 1.76. The summed E-state index contributed by atoms with van der Waals surface area (Å²) in [6.07, 6.45) is 2.91. The molecule has 2 atom stereocenters. The van der Waals surface area contributed by atoms with E-state index in [0.29, 0.717) is 5.69 Å². The SMILES string of the molecule is Cn1ccc(C(F)C2CCCNC2)n1. The summed E-state index contributed by atoms with van der Waals surface area (Å²) in [5, 5.41) is 7.32. The second-order valence-electron chi connectivity index (χ2n) is 3.92. The smallest absolute Gasteiger partial charge is 0.148 e. The van der Waals surface area contributed by atoms with E-state index in [1.54, 1.807) is 16.9 Å². The van der Waals surface area contributed by atoms with Crippen molar-refractivity contribution in [2.45, 2.75) is 19.0 Å². The highest BCUT2D eigenvalue weighted by Crippen LogP contribution is 2.29. The van der Waals surface area contributed by atoms with E-state index in [0.717, 1.165) is 25.9 Å². The number of aromatic nitrogens is 2. The molecule has 0 saturated carbocycles. The van der Waals surface area contributed by atoms with E-state index >= 15 is 0 Å². The number of alkyl halides is 1. The van der Waals surface area contributed by atoms with Gasteiger partial charge in [0.2, 0.25) is 0 Å². The van der Waals surface area contributed by atoms with Gasteiger partial charge in [0, 0.05) is 25.7 Å². The molecule has 1 saturated heterocycles. The first-order valence-electron chi connectivity index (χ1n) is 5.11. The van der Waals surface area contributed by atoms with Crippen molar-refractivity contribution in [3.05, 3.63) is 18.0 Å². The van der Waals surface area contributed by atoms with E-state index in [4.69, 9.17) is 0 Å². The average molecular weight is 197 g/mol. The second kappa shape index (κ2) is 4.09. The van der Waals surface area contributed by atoms with Crippen molar-refractivity contribution in [1.82, 2.24) is 15.1 Å². The molecule has 0 radical (unpaired) electrons. The van der Waals surface area contributed by atoms with Crippen molar-refractivity contribution in [3.63, 3.8) is 0 Å². The Balaban J connectivity index is 2.03. The van der Waals surface area contributed by atoms with Crippen LogP contribution in [-0.4, -0.2) is 22.9 Å². The number of nitrogens with one attached hydrogen (secondary N) is 1. The van der Waals surface area contributed by atoms with Crippen LogP contribution >= 0.6 is 0 Å². The van der Waals surface area contributed by atoms with Gasteiger partial charge in [-0.3, -0.25) is 4.68 Å². The van der Waals surface area contributed by atoms with Crippen molar-refractivity contribution in [2.24, 2.45) is 13.0 Å². The van der Waals surface area contributed by atoms with Crippen molar-refractivity contribution in [3.8, 4) is 0 Å². The predicted octanol–water partition coefficient (Wildman–Crippen LogP) is 1.43. The van der Waals surface area contributed by atoms with Gasteiger partial charge in [-0.05, 0) is 25.5 Å². The molecule has 2 heterocycles. The lowest BCUT2D eigenvalue weighted by Crippen LogP contribution is -2.32. The summed E-state index contributed by atoms with van der Waals surface area (Å²) >= 11 is 0. The molecule has 1 fully saturated rings. The van der Waals surface area contributed by atoms with Crippen LogP contribution in [0.5, 0.6) is 0 Å². The Kier molecular flexibility index (Phi) is 2.82. The Bertz CT molecular complexity index is 291. The molecule has 1 aromatic rings. The third-order valence-electron chi connectivity index (χ3n) is 2.77. The fraction of sp³-hybridized carbons (Fsp3) is 0.700. The summed E-state index contributed by atoms with van der Waals surface area (Å²) in [4.78, 5) is 0. The van der Waals surface area contributed by atoms with Gasteiger partial charge in [-0.2, -0.15) is 5.10 Å². The van der Waals surface area contributed by atoms with Gasteiger partial charge < -0.3 is 5.32 Å². The van der Waals surface area contributed by atoms with Crippen LogP contribution in [0.4, 0.5) is 4.39 Å². The van der Waals surface area contributed by atoms with E-state index < -0.39 is 6.17 Å². The minimum absolute atomic E-state index is 0.0960. The van der Waals surface area contributed by atoms with Crippen molar-refractivity contribution < 1.29 is 4.39 Å². The highest BCUT2D eigenvalue weighted by atomic mass is 19.1. The summed E-state index contributed by atoms with van der Waals surface area (Å²) in [5.41, 5.74) is 0.571. The third-order valence-corrected chi connectivity index (χ3v) is 2.77. The number of hydrogen-bond donors (Lipinski definition) is 1. The van der Waals surface area contributed by atoms with Crippen LogP contribution in [0.2, 0.25) is 0 Å². The molecular weight excluding hydrogens is 181 g/mol. The molecule has 1 aliphatic rings. The topological polar surface area (TPSA) is 29.9 Å². The first-order chi connectivity index (χ1) is 6.77. The molecule has 1 aromatic heterocycles. The Labute approximate surface area is 83.3 Å². The molecule has 2 rings (SSSR count). The van der Waals surface area contributed by atoms with Gasteiger partial charge in [-0.15, -0.1) is 0 Å². The first kappa shape index (κ1) is 9.65. The predicted molar refractivity (Wildman–Crippen MR) is 52.7 cm³/mol. The number of nitrogens with zero attached hydrogens (tertiary/aromatic N) is 2. The normalized spacial score (nSPS) is 24.9. The Morgan fingerprint density at radius 3 is 3.14 bits per heavy atom. The van der Waals surface area contributed by atoms with Crippen molar-refractivity contribution in [2.75, 3.05) is 13.1 Å². The number of hydrogen-bond acceptors (Lipinski definition) is 2. The van der Waals surface area contributed by atoms with E-state index in [2.05, 4.69) is 10.4 Å². The van der Waals surface area contributed by atoms with Gasteiger partial charge in [0.05, 0.1) is 5.69 Å². The molecule has 0 amide bonds. The molecular formula is C10H16FN3. The van der Waals surface area contributed by atoms with Crippen LogP contribution in [0, 0.1) is 5.92 Å². The lowest BCUT2D eigenvalue weighted by Gasteiger charge is -2.24. The number of piperidine rings is 1. The fourth-order valence-electron chi connectivity index (χ4n) is 1.95. The second-order valence-corrected chi connectivity index (χ2v) is 3.92. The molecule has 0 bridgehead atoms. The maximum absolute atomic E-state index is 13.9. The standard InChI is InChI=1S/C10H16FN3/c1-14-6-4-9(13-14)10(11)8-3-2-5-12-7-8/h4,6,8,10,12H,2-3,5,7H2,1H3. The van der Waals surface area contributed by atoms with Crippen LogP contribution in [0.3, 0.4) is 0 Å². The summed E-state index contributed by atoms with van der Waals surface area (Å²) in [7, 11) is 1.81. The van der Waals surface area contributed by atoms with Crippen LogP contribution in [-0.2, 0) is 7.05 Å². The largest absolute Gasteiger partial charge is 0.316 e. The number of halogens is 1. The summed E-state index contributed by atoms with van der Waals surface area (Å²) in [5.74, 6) is 0.0960. The fourth-order valence-corrected chi connectivity index (χ4v) is 1.95. The van der Waals surface area contributed by atoms with Gasteiger partial charge in [0.1, 0.15) is 6.17 Å². The number of rotatable bonds is 2. The minimum Gasteiger partial charge on any atom is -0.316 e. The summed E-state index contributed by atoms with van der Waals surface area (Å²) in [6.45, 7) is 1.79. The zero-order valence-corrected chi connectivity index (χ0v) is 8.41. The molecule has 1 N–H and O–H groups in total. The van der Waals surface area contributed by atoms with E-state index in [1.165, 1.54) is 0 Å². The average Bonchev–Trinajstić information content (AvgIpc) is 2.65. The number of aryl methyl sites for hydroxylation is 1. The molecule has 4 heteroatoms. The van der Waals surface area contributed by atoms with Gasteiger partial charge in [0.25, 0.3) is 0 Å². The van der Waals surface area contributed by atoms with E-state index in [9.17, 15) is 4.39 Å². The Morgan fingerprint density at radius 2 is 2.57 bits per heavy atom. The van der Waals surface area contributed by atoms with Crippen LogP contribution in [0.15, 0.2) is 12.3 Å². The van der Waals surface area contributed by atoms with Crippen molar-refractivity contribution >= 4 is 0 Å². The lowest BCUT2D eigenvalue weighted by atomic mass is 9.93.